The van der Waals surface area contributed by atoms with Gasteiger partial charge in [-0.3, -0.25) is 4.79 Å². The van der Waals surface area contributed by atoms with Gasteiger partial charge in [0, 0.05) is 5.56 Å². The molecule has 0 spiro atoms. The molecular weight excluding hydrogens is 244 g/mol. The largest absolute Gasteiger partial charge is 0.388 e. The minimum absolute atomic E-state index is 0.0117. The lowest BCUT2D eigenvalue weighted by atomic mass is 9.77. The van der Waals surface area contributed by atoms with Gasteiger partial charge in [0.2, 0.25) is 0 Å². The van der Waals surface area contributed by atoms with E-state index in [1.807, 2.05) is 0 Å². The van der Waals surface area contributed by atoms with E-state index in [1.54, 1.807) is 38.1 Å². The summed E-state index contributed by atoms with van der Waals surface area (Å²) in [5.41, 5.74) is 0.199. The highest BCUT2D eigenvalue weighted by molar-refractivity contribution is 6.01. The Labute approximate surface area is 112 Å². The van der Waals surface area contributed by atoms with Crippen molar-refractivity contribution in [1.29, 1.82) is 0 Å². The summed E-state index contributed by atoms with van der Waals surface area (Å²) in [6.07, 6.45) is -1.31. The summed E-state index contributed by atoms with van der Waals surface area (Å²) in [4.78, 5) is 12.4. The third kappa shape index (κ3) is 1.91. The zero-order valence-corrected chi connectivity index (χ0v) is 11.0. The van der Waals surface area contributed by atoms with Gasteiger partial charge in [-0.25, -0.2) is 0 Å². The molecule has 0 saturated carbocycles. The SMILES string of the molecule is CC(C)(O)[C@H]1C[C@H]2C(=O)c3ccccc3[C@@H](O)[C@@H]2O1. The summed E-state index contributed by atoms with van der Waals surface area (Å²) in [5.74, 6) is -0.348. The lowest BCUT2D eigenvalue weighted by Gasteiger charge is -2.30. The first-order valence-corrected chi connectivity index (χ1v) is 6.58. The Kier molecular flexibility index (Phi) is 2.78. The van der Waals surface area contributed by atoms with Crippen molar-refractivity contribution in [2.45, 2.75) is 44.2 Å². The van der Waals surface area contributed by atoms with Gasteiger partial charge in [0.25, 0.3) is 0 Å². The molecule has 19 heavy (non-hydrogen) atoms. The molecule has 2 aliphatic rings. The van der Waals surface area contributed by atoms with E-state index in [0.29, 0.717) is 17.5 Å². The topological polar surface area (TPSA) is 66.8 Å². The third-order valence-electron chi connectivity index (χ3n) is 4.17. The Bertz CT molecular complexity index is 517. The van der Waals surface area contributed by atoms with Crippen molar-refractivity contribution in [2.75, 3.05) is 0 Å². The lowest BCUT2D eigenvalue weighted by molar-refractivity contribution is -0.113. The van der Waals surface area contributed by atoms with Gasteiger partial charge in [0.05, 0.1) is 23.7 Å². The van der Waals surface area contributed by atoms with E-state index in [0.717, 1.165) is 0 Å². The van der Waals surface area contributed by atoms with Gasteiger partial charge in [-0.2, -0.15) is 0 Å². The van der Waals surface area contributed by atoms with Crippen LogP contribution in [0.4, 0.5) is 0 Å². The molecule has 2 N–H and O–H groups in total. The molecule has 3 rings (SSSR count). The van der Waals surface area contributed by atoms with E-state index in [4.69, 9.17) is 4.74 Å². The molecule has 0 unspecified atom stereocenters. The minimum atomic E-state index is -1.01. The maximum Gasteiger partial charge on any atom is 0.169 e. The van der Waals surface area contributed by atoms with Crippen LogP contribution < -0.4 is 0 Å². The Balaban J connectivity index is 1.98. The Morgan fingerprint density at radius 2 is 2.00 bits per heavy atom. The second-order valence-corrected chi connectivity index (χ2v) is 5.98. The number of ketones is 1. The zero-order chi connectivity index (χ0) is 13.8. The molecule has 1 aliphatic heterocycles. The number of hydrogen-bond donors (Lipinski definition) is 2. The smallest absolute Gasteiger partial charge is 0.169 e. The van der Waals surface area contributed by atoms with Crippen molar-refractivity contribution in [1.82, 2.24) is 0 Å². The number of aliphatic hydroxyl groups is 2. The monoisotopic (exact) mass is 262 g/mol. The highest BCUT2D eigenvalue weighted by Gasteiger charge is 2.51. The van der Waals surface area contributed by atoms with Gasteiger partial charge in [-0.15, -0.1) is 0 Å². The number of aliphatic hydroxyl groups excluding tert-OH is 1. The van der Waals surface area contributed by atoms with Crippen LogP contribution >= 0.6 is 0 Å². The standard InChI is InChI=1S/C15H18O4/c1-15(2,18)11-7-10-12(16)8-5-3-4-6-9(8)13(17)14(10)19-11/h3-6,10-11,13-14,17-18H,7H2,1-2H3/t10-,11+,13+,14+/m0/s1. The minimum Gasteiger partial charge on any atom is -0.388 e. The van der Waals surface area contributed by atoms with Gasteiger partial charge < -0.3 is 14.9 Å². The molecule has 4 nitrogen and oxygen atoms in total. The van der Waals surface area contributed by atoms with Crippen molar-refractivity contribution in [3.05, 3.63) is 35.4 Å². The number of rotatable bonds is 1. The van der Waals surface area contributed by atoms with E-state index in [9.17, 15) is 15.0 Å². The Hall–Kier alpha value is -1.23. The molecule has 1 heterocycles. The number of Topliss-reactive ketones (excluding diaryl/α,β-unsaturated/α-hetero) is 1. The average molecular weight is 262 g/mol. The van der Waals surface area contributed by atoms with Crippen LogP contribution in [0.1, 0.15) is 42.3 Å². The molecule has 0 radical (unpaired) electrons. The summed E-state index contributed by atoms with van der Waals surface area (Å²) in [6, 6.07) is 7.11. The fourth-order valence-electron chi connectivity index (χ4n) is 3.07. The summed E-state index contributed by atoms with van der Waals surface area (Å²) >= 11 is 0. The molecule has 1 aliphatic carbocycles. The maximum atomic E-state index is 12.4. The number of ether oxygens (including phenoxy) is 1. The predicted molar refractivity (Wildman–Crippen MR) is 68.8 cm³/mol. The number of fused-ring (bicyclic) bond motifs is 2. The molecule has 1 aromatic rings. The molecule has 1 saturated heterocycles. The van der Waals surface area contributed by atoms with Crippen molar-refractivity contribution in [3.63, 3.8) is 0 Å². The second kappa shape index (κ2) is 4.13. The predicted octanol–water partition coefficient (Wildman–Crippen LogP) is 1.46. The number of hydrogen-bond acceptors (Lipinski definition) is 4. The van der Waals surface area contributed by atoms with Crippen molar-refractivity contribution in [2.24, 2.45) is 5.92 Å². The van der Waals surface area contributed by atoms with E-state index in [2.05, 4.69) is 0 Å². The van der Waals surface area contributed by atoms with E-state index >= 15 is 0 Å². The number of carbonyl (C=O) groups is 1. The van der Waals surface area contributed by atoms with Gasteiger partial charge in [0.1, 0.15) is 6.10 Å². The van der Waals surface area contributed by atoms with Crippen LogP contribution in [-0.4, -0.2) is 33.8 Å². The molecular formula is C15H18O4. The molecule has 0 amide bonds. The summed E-state index contributed by atoms with van der Waals surface area (Å²) < 4.78 is 5.75. The van der Waals surface area contributed by atoms with Crippen molar-refractivity contribution >= 4 is 5.78 Å². The molecule has 102 valence electrons. The van der Waals surface area contributed by atoms with Crippen LogP contribution in [-0.2, 0) is 4.74 Å². The average Bonchev–Trinajstić information content (AvgIpc) is 2.81. The van der Waals surface area contributed by atoms with Crippen LogP contribution in [0.2, 0.25) is 0 Å². The van der Waals surface area contributed by atoms with Crippen LogP contribution in [0.25, 0.3) is 0 Å². The second-order valence-electron chi connectivity index (χ2n) is 5.98. The normalized spacial score (nSPS) is 34.0. The fourth-order valence-corrected chi connectivity index (χ4v) is 3.07. The maximum absolute atomic E-state index is 12.4. The summed E-state index contributed by atoms with van der Waals surface area (Å²) in [5, 5.41) is 20.4. The summed E-state index contributed by atoms with van der Waals surface area (Å²) in [7, 11) is 0. The van der Waals surface area contributed by atoms with Crippen LogP contribution in [0.3, 0.4) is 0 Å². The number of benzene rings is 1. The highest BCUT2D eigenvalue weighted by Crippen LogP contribution is 2.44. The molecule has 0 aromatic heterocycles. The Morgan fingerprint density at radius 1 is 1.32 bits per heavy atom. The van der Waals surface area contributed by atoms with E-state index in [-0.39, 0.29) is 11.7 Å². The quantitative estimate of drug-likeness (QED) is 0.804. The first-order valence-electron chi connectivity index (χ1n) is 6.58. The van der Waals surface area contributed by atoms with Gasteiger partial charge >= 0.3 is 0 Å². The first-order chi connectivity index (χ1) is 8.89. The lowest BCUT2D eigenvalue weighted by Crippen LogP contribution is -2.37. The molecule has 0 bridgehead atoms. The van der Waals surface area contributed by atoms with E-state index < -0.39 is 23.9 Å². The van der Waals surface area contributed by atoms with E-state index in [1.165, 1.54) is 0 Å². The van der Waals surface area contributed by atoms with Gasteiger partial charge in [0.15, 0.2) is 5.78 Å². The molecule has 4 atom stereocenters. The van der Waals surface area contributed by atoms with Crippen LogP contribution in [0.5, 0.6) is 0 Å². The molecule has 4 heteroatoms. The van der Waals surface area contributed by atoms with Crippen molar-refractivity contribution < 1.29 is 19.7 Å². The highest BCUT2D eigenvalue weighted by atomic mass is 16.5. The molecule has 1 fully saturated rings. The van der Waals surface area contributed by atoms with Crippen LogP contribution in [0.15, 0.2) is 24.3 Å². The summed E-state index contributed by atoms with van der Waals surface area (Å²) in [6.45, 7) is 3.33. The first kappa shape index (κ1) is 12.8. The number of carbonyl (C=O) groups excluding carboxylic acids is 1. The fraction of sp³-hybridized carbons (Fsp3) is 0.533. The Morgan fingerprint density at radius 3 is 2.68 bits per heavy atom. The zero-order valence-electron chi connectivity index (χ0n) is 11.0. The molecule has 1 aromatic carbocycles. The van der Waals surface area contributed by atoms with Crippen molar-refractivity contribution in [3.8, 4) is 0 Å². The van der Waals surface area contributed by atoms with Gasteiger partial charge in [-0.1, -0.05) is 24.3 Å². The van der Waals surface area contributed by atoms with Gasteiger partial charge in [-0.05, 0) is 25.8 Å². The third-order valence-corrected chi connectivity index (χ3v) is 4.17. The van der Waals surface area contributed by atoms with Crippen LogP contribution in [0, 0.1) is 5.92 Å².